The van der Waals surface area contributed by atoms with Gasteiger partial charge in [-0.1, -0.05) is 48.0 Å². The maximum atomic E-state index is 12.2. The molecule has 0 radical (unpaired) electrons. The van der Waals surface area contributed by atoms with E-state index in [0.29, 0.717) is 16.5 Å². The third kappa shape index (κ3) is 2.87. The maximum absolute atomic E-state index is 12.2. The summed E-state index contributed by atoms with van der Waals surface area (Å²) in [6.07, 6.45) is 1.70. The number of benzene rings is 2. The molecule has 2 aromatic carbocycles. The number of amides is 1. The molecule has 22 heavy (non-hydrogen) atoms. The molecule has 0 atom stereocenters. The smallest absolute Gasteiger partial charge is 0.259 e. The molecule has 0 bridgehead atoms. The number of aromatic amines is 1. The molecule has 0 spiro atoms. The average Bonchev–Trinajstić information content (AvgIpc) is 2.96. The lowest BCUT2D eigenvalue weighted by atomic mass is 10.1. The Balaban J connectivity index is 1.82. The number of carbonyl (C=O) groups excluding carboxylic acids is 1. The largest absolute Gasteiger partial charge is 0.324 e. The number of aryl methyl sites for hydroxylation is 1. The number of imidazole rings is 1. The van der Waals surface area contributed by atoms with Crippen molar-refractivity contribution in [3.63, 3.8) is 0 Å². The molecule has 1 amide bonds. The third-order valence-corrected chi connectivity index (χ3v) is 3.69. The quantitative estimate of drug-likeness (QED) is 0.758. The van der Waals surface area contributed by atoms with Gasteiger partial charge >= 0.3 is 0 Å². The van der Waals surface area contributed by atoms with E-state index in [1.165, 1.54) is 0 Å². The Labute approximate surface area is 133 Å². The zero-order chi connectivity index (χ0) is 15.5. The van der Waals surface area contributed by atoms with Crippen molar-refractivity contribution in [3.05, 3.63) is 70.9 Å². The Morgan fingerprint density at radius 1 is 1.14 bits per heavy atom. The number of aromatic nitrogens is 2. The normalized spacial score (nSPS) is 10.5. The van der Waals surface area contributed by atoms with E-state index in [4.69, 9.17) is 11.6 Å². The lowest BCUT2D eigenvalue weighted by Crippen LogP contribution is -2.13. The van der Waals surface area contributed by atoms with E-state index in [1.54, 1.807) is 30.5 Å². The van der Waals surface area contributed by atoms with Crippen molar-refractivity contribution in [2.75, 3.05) is 5.32 Å². The average molecular weight is 312 g/mol. The van der Waals surface area contributed by atoms with E-state index >= 15 is 0 Å². The minimum Gasteiger partial charge on any atom is -0.324 e. The van der Waals surface area contributed by atoms with Crippen LogP contribution in [0, 0.1) is 6.92 Å². The van der Waals surface area contributed by atoms with Gasteiger partial charge in [-0.2, -0.15) is 0 Å². The molecule has 1 heterocycles. The highest BCUT2D eigenvalue weighted by atomic mass is 35.5. The lowest BCUT2D eigenvalue weighted by Gasteiger charge is -2.04. The molecule has 2 N–H and O–H groups in total. The molecule has 4 nitrogen and oxygen atoms in total. The molecule has 110 valence electrons. The first-order chi connectivity index (χ1) is 10.6. The van der Waals surface area contributed by atoms with Gasteiger partial charge in [-0.25, -0.2) is 4.98 Å². The summed E-state index contributed by atoms with van der Waals surface area (Å²) in [5.74, 6) is 0.0967. The predicted octanol–water partition coefficient (Wildman–Crippen LogP) is 4.29. The van der Waals surface area contributed by atoms with E-state index in [2.05, 4.69) is 15.3 Å². The minimum absolute atomic E-state index is 0.295. The molecule has 0 aliphatic rings. The van der Waals surface area contributed by atoms with Crippen LogP contribution in [0.3, 0.4) is 0 Å². The fourth-order valence-corrected chi connectivity index (χ4v) is 2.44. The van der Waals surface area contributed by atoms with Crippen molar-refractivity contribution in [1.82, 2.24) is 9.97 Å². The summed E-state index contributed by atoms with van der Waals surface area (Å²) in [5, 5.41) is 3.13. The van der Waals surface area contributed by atoms with Gasteiger partial charge in [0.05, 0.1) is 22.5 Å². The second-order valence-corrected chi connectivity index (χ2v) is 5.30. The van der Waals surface area contributed by atoms with Gasteiger partial charge in [0.15, 0.2) is 0 Å². The predicted molar refractivity (Wildman–Crippen MR) is 88.2 cm³/mol. The van der Waals surface area contributed by atoms with Crippen molar-refractivity contribution in [2.45, 2.75) is 6.92 Å². The fraction of sp³-hybridized carbons (Fsp3) is 0.0588. The van der Waals surface area contributed by atoms with Crippen LogP contribution in [0.15, 0.2) is 54.7 Å². The number of rotatable bonds is 3. The van der Waals surface area contributed by atoms with E-state index in [1.807, 2.05) is 31.2 Å². The van der Waals surface area contributed by atoms with Crippen LogP contribution in [0.4, 0.5) is 5.95 Å². The summed E-state index contributed by atoms with van der Waals surface area (Å²) >= 11 is 6.02. The number of halogens is 1. The molecule has 5 heteroatoms. The Hall–Kier alpha value is -2.59. The number of nitrogens with zero attached hydrogens (tertiary/aromatic N) is 1. The van der Waals surface area contributed by atoms with Crippen LogP contribution in [-0.2, 0) is 0 Å². The van der Waals surface area contributed by atoms with Crippen molar-refractivity contribution in [1.29, 1.82) is 0 Å². The van der Waals surface area contributed by atoms with E-state index in [9.17, 15) is 4.79 Å². The summed E-state index contributed by atoms with van der Waals surface area (Å²) in [4.78, 5) is 19.5. The summed E-state index contributed by atoms with van der Waals surface area (Å²) in [6.45, 7) is 2.03. The topological polar surface area (TPSA) is 57.8 Å². The van der Waals surface area contributed by atoms with Gasteiger partial charge in [0.2, 0.25) is 5.95 Å². The highest BCUT2D eigenvalue weighted by Gasteiger charge is 2.12. The van der Waals surface area contributed by atoms with Gasteiger partial charge in [0, 0.05) is 5.56 Å². The molecular weight excluding hydrogens is 298 g/mol. The van der Waals surface area contributed by atoms with Gasteiger partial charge in [-0.15, -0.1) is 0 Å². The Bertz CT molecular complexity index is 826. The van der Waals surface area contributed by atoms with Gasteiger partial charge < -0.3 is 4.98 Å². The van der Waals surface area contributed by atoms with Crippen LogP contribution in [0.5, 0.6) is 0 Å². The van der Waals surface area contributed by atoms with Gasteiger partial charge in [-0.3, -0.25) is 10.1 Å². The first-order valence-electron chi connectivity index (χ1n) is 6.82. The Morgan fingerprint density at radius 2 is 1.86 bits per heavy atom. The first kappa shape index (κ1) is 14.4. The molecular formula is C17H14ClN3O. The van der Waals surface area contributed by atoms with Crippen molar-refractivity contribution in [2.24, 2.45) is 0 Å². The fourth-order valence-electron chi connectivity index (χ4n) is 2.22. The van der Waals surface area contributed by atoms with Crippen LogP contribution in [0.1, 0.15) is 15.9 Å². The van der Waals surface area contributed by atoms with Gasteiger partial charge in [0.25, 0.3) is 5.91 Å². The number of carbonyl (C=O) groups is 1. The van der Waals surface area contributed by atoms with Crippen LogP contribution >= 0.6 is 11.6 Å². The molecule has 0 fully saturated rings. The number of anilines is 1. The summed E-state index contributed by atoms with van der Waals surface area (Å²) in [7, 11) is 0. The van der Waals surface area contributed by atoms with Gasteiger partial charge in [-0.05, 0) is 24.6 Å². The monoisotopic (exact) mass is 311 g/mol. The molecule has 0 aliphatic carbocycles. The van der Waals surface area contributed by atoms with Crippen LogP contribution in [0.25, 0.3) is 11.3 Å². The summed E-state index contributed by atoms with van der Waals surface area (Å²) in [5.41, 5.74) is 3.45. The Kier molecular flexibility index (Phi) is 3.94. The van der Waals surface area contributed by atoms with Crippen molar-refractivity contribution in [3.8, 4) is 11.3 Å². The van der Waals surface area contributed by atoms with Crippen LogP contribution < -0.4 is 5.32 Å². The zero-order valence-electron chi connectivity index (χ0n) is 11.9. The Morgan fingerprint density at radius 3 is 2.64 bits per heavy atom. The number of hydrogen-bond donors (Lipinski definition) is 2. The van der Waals surface area contributed by atoms with Gasteiger partial charge in [0.1, 0.15) is 0 Å². The second kappa shape index (κ2) is 6.03. The molecule has 3 aromatic rings. The number of hydrogen-bond acceptors (Lipinski definition) is 2. The SMILES string of the molecule is Cc1ccccc1-c1cnc(NC(=O)c2ccccc2Cl)[nH]1. The molecule has 1 aromatic heterocycles. The molecule has 0 unspecified atom stereocenters. The molecule has 3 rings (SSSR count). The number of nitrogens with one attached hydrogen (secondary N) is 2. The second-order valence-electron chi connectivity index (χ2n) is 4.89. The summed E-state index contributed by atoms with van der Waals surface area (Å²) in [6, 6.07) is 14.9. The minimum atomic E-state index is -0.295. The first-order valence-corrected chi connectivity index (χ1v) is 7.20. The van der Waals surface area contributed by atoms with E-state index in [-0.39, 0.29) is 5.91 Å². The van der Waals surface area contributed by atoms with Crippen molar-refractivity contribution >= 4 is 23.5 Å². The molecule has 0 saturated heterocycles. The highest BCUT2D eigenvalue weighted by molar-refractivity contribution is 6.34. The zero-order valence-corrected chi connectivity index (χ0v) is 12.7. The number of H-pyrrole nitrogens is 1. The maximum Gasteiger partial charge on any atom is 0.259 e. The van der Waals surface area contributed by atoms with Crippen LogP contribution in [0.2, 0.25) is 5.02 Å². The molecule has 0 aliphatic heterocycles. The summed E-state index contributed by atoms with van der Waals surface area (Å²) < 4.78 is 0. The third-order valence-electron chi connectivity index (χ3n) is 3.36. The lowest BCUT2D eigenvalue weighted by molar-refractivity contribution is 0.102. The molecule has 0 saturated carbocycles. The van der Waals surface area contributed by atoms with Crippen LogP contribution in [-0.4, -0.2) is 15.9 Å². The van der Waals surface area contributed by atoms with E-state index < -0.39 is 0 Å². The highest BCUT2D eigenvalue weighted by Crippen LogP contribution is 2.22. The van der Waals surface area contributed by atoms with Crippen molar-refractivity contribution < 1.29 is 4.79 Å². The standard InChI is InChI=1S/C17H14ClN3O/c1-11-6-2-3-7-12(11)15-10-19-17(20-15)21-16(22)13-8-4-5-9-14(13)18/h2-10H,1H3,(H2,19,20,21,22). The van der Waals surface area contributed by atoms with E-state index in [0.717, 1.165) is 16.8 Å².